The van der Waals surface area contributed by atoms with Crippen molar-refractivity contribution >= 4 is 47.4 Å². The lowest BCUT2D eigenvalue weighted by molar-refractivity contribution is -0.142. The molecule has 1 fully saturated rings. The number of hydrogen-bond acceptors (Lipinski definition) is 5. The molecule has 4 aromatic rings. The minimum Gasteiger partial charge on any atom is -0.298 e. The Kier molecular flexibility index (Phi) is 6.02. The molecule has 2 atom stereocenters. The molecule has 2 aromatic carbocycles. The van der Waals surface area contributed by atoms with Crippen LogP contribution < -0.4 is 0 Å². The Labute approximate surface area is 210 Å². The van der Waals surface area contributed by atoms with Crippen LogP contribution in [0, 0.1) is 5.82 Å². The lowest BCUT2D eigenvalue weighted by Crippen LogP contribution is -2.54. The zero-order chi connectivity index (χ0) is 23.9. The van der Waals surface area contributed by atoms with Crippen molar-refractivity contribution in [3.05, 3.63) is 111 Å². The van der Waals surface area contributed by atoms with Crippen LogP contribution in [-0.2, 0) is 15.1 Å². The van der Waals surface area contributed by atoms with Gasteiger partial charge in [-0.15, -0.1) is 0 Å². The fourth-order valence-corrected chi connectivity index (χ4v) is 5.78. The van der Waals surface area contributed by atoms with Gasteiger partial charge in [-0.2, -0.15) is 11.3 Å². The molecule has 0 saturated carbocycles. The van der Waals surface area contributed by atoms with Crippen LogP contribution in [0.5, 0.6) is 0 Å². The second kappa shape index (κ2) is 8.98. The van der Waals surface area contributed by atoms with Crippen LogP contribution in [0.1, 0.15) is 29.2 Å². The molecule has 0 bridgehead atoms. The Bertz CT molecular complexity index is 1380. The molecule has 0 radical (unpaired) electrons. The summed E-state index contributed by atoms with van der Waals surface area (Å²) in [4.78, 5) is 32.1. The number of carbonyl (C=O) groups is 2. The minimum absolute atomic E-state index is 0.0191. The summed E-state index contributed by atoms with van der Waals surface area (Å²) < 4.78 is 14.8. The molecule has 8 heteroatoms. The Morgan fingerprint density at radius 2 is 1.79 bits per heavy atom. The second-order valence-corrected chi connectivity index (χ2v) is 9.62. The first kappa shape index (κ1) is 22.8. The van der Waals surface area contributed by atoms with Gasteiger partial charge >= 0.3 is 0 Å². The van der Waals surface area contributed by atoms with Crippen LogP contribution in [-0.4, -0.2) is 21.0 Å². The lowest BCUT2D eigenvalue weighted by Gasteiger charge is -2.45. The number of aromatic nitrogens is 1. The molecule has 5 rings (SSSR count). The van der Waals surface area contributed by atoms with Crippen molar-refractivity contribution in [2.75, 3.05) is 0 Å². The first-order valence-electron chi connectivity index (χ1n) is 10.5. The normalized spacial score (nSPS) is 20.6. The van der Waals surface area contributed by atoms with E-state index in [1.807, 2.05) is 22.9 Å². The first-order valence-corrected chi connectivity index (χ1v) is 12.2. The van der Waals surface area contributed by atoms with Crippen LogP contribution in [0.3, 0.4) is 0 Å². The number of amides is 1. The molecule has 170 valence electrons. The number of nitrogens with zero attached hydrogens (tertiary/aromatic N) is 2. The standard InChI is InChI=1S/C26H18ClFN2O2S2/c27-20-5-2-1-4-19(20)24-22(31)14-26(30(33)25(24)32,17-12-13-34-15-17)23-7-3-6-21(29-23)16-8-10-18(28)11-9-16/h1-13,15,24,33H,14H2. The third kappa shape index (κ3) is 3.74. The van der Waals surface area contributed by atoms with E-state index in [1.165, 1.54) is 27.8 Å². The van der Waals surface area contributed by atoms with E-state index in [9.17, 15) is 14.0 Å². The van der Waals surface area contributed by atoms with Crippen molar-refractivity contribution in [2.45, 2.75) is 17.9 Å². The first-order chi connectivity index (χ1) is 16.4. The zero-order valence-electron chi connectivity index (χ0n) is 17.7. The topological polar surface area (TPSA) is 50.3 Å². The predicted molar refractivity (Wildman–Crippen MR) is 134 cm³/mol. The lowest BCUT2D eigenvalue weighted by atomic mass is 9.74. The van der Waals surface area contributed by atoms with Gasteiger partial charge in [0.1, 0.15) is 17.3 Å². The molecule has 0 N–H and O–H groups in total. The van der Waals surface area contributed by atoms with Gasteiger partial charge in [0.15, 0.2) is 5.78 Å². The summed E-state index contributed by atoms with van der Waals surface area (Å²) in [7, 11) is 0. The maximum atomic E-state index is 13.7. The van der Waals surface area contributed by atoms with E-state index in [2.05, 4.69) is 12.8 Å². The number of piperidine rings is 1. The number of Topliss-reactive ketones (excluding diaryl/α,β-unsaturated/α-hetero) is 1. The highest BCUT2D eigenvalue weighted by atomic mass is 35.5. The predicted octanol–water partition coefficient (Wildman–Crippen LogP) is 6.28. The van der Waals surface area contributed by atoms with Crippen LogP contribution >= 0.6 is 35.8 Å². The number of halogens is 2. The van der Waals surface area contributed by atoms with E-state index in [0.717, 1.165) is 11.1 Å². The van der Waals surface area contributed by atoms with E-state index in [4.69, 9.17) is 16.6 Å². The number of pyridine rings is 1. The maximum absolute atomic E-state index is 13.7. The average molecular weight is 509 g/mol. The van der Waals surface area contributed by atoms with E-state index in [1.54, 1.807) is 48.5 Å². The van der Waals surface area contributed by atoms with E-state index >= 15 is 0 Å². The SMILES string of the molecule is O=C1CC(c2ccsc2)(c2cccc(-c3ccc(F)cc3)n2)N(S)C(=O)C1c1ccccc1Cl. The van der Waals surface area contributed by atoms with Gasteiger partial charge in [-0.25, -0.2) is 9.37 Å². The number of benzene rings is 2. The highest BCUT2D eigenvalue weighted by Gasteiger charge is 2.53. The third-order valence-corrected chi connectivity index (χ3v) is 7.66. The Morgan fingerprint density at radius 1 is 1.03 bits per heavy atom. The van der Waals surface area contributed by atoms with Gasteiger partial charge in [0.05, 0.1) is 11.4 Å². The summed E-state index contributed by atoms with van der Waals surface area (Å²) >= 11 is 12.5. The number of thiol groups is 1. The molecule has 2 aromatic heterocycles. The van der Waals surface area contributed by atoms with Crippen LogP contribution in [0.4, 0.5) is 4.39 Å². The number of thiophene rings is 1. The third-order valence-electron chi connectivity index (χ3n) is 6.10. The second-order valence-electron chi connectivity index (χ2n) is 8.03. The number of carbonyl (C=O) groups excluding carboxylic acids is 2. The molecule has 2 unspecified atom stereocenters. The van der Waals surface area contributed by atoms with Gasteiger partial charge in [0.25, 0.3) is 0 Å². The summed E-state index contributed by atoms with van der Waals surface area (Å²) in [5, 5.41) is 4.14. The van der Waals surface area contributed by atoms with Crippen molar-refractivity contribution < 1.29 is 14.0 Å². The van der Waals surface area contributed by atoms with E-state index < -0.39 is 17.4 Å². The fraction of sp³-hybridized carbons (Fsp3) is 0.115. The molecule has 1 aliphatic rings. The fourth-order valence-electron chi connectivity index (χ4n) is 4.41. The summed E-state index contributed by atoms with van der Waals surface area (Å²) in [5.74, 6) is -2.11. The molecule has 3 heterocycles. The number of rotatable bonds is 4. The quantitative estimate of drug-likeness (QED) is 0.261. The van der Waals surface area contributed by atoms with Gasteiger partial charge in [-0.05, 0) is 70.4 Å². The molecule has 1 saturated heterocycles. The maximum Gasteiger partial charge on any atom is 0.248 e. The molecular weight excluding hydrogens is 491 g/mol. The molecule has 0 spiro atoms. The molecule has 4 nitrogen and oxygen atoms in total. The summed E-state index contributed by atoms with van der Waals surface area (Å²) in [5.41, 5.74) is 1.83. The largest absolute Gasteiger partial charge is 0.298 e. The van der Waals surface area contributed by atoms with Gasteiger partial charge < -0.3 is 0 Å². The van der Waals surface area contributed by atoms with Gasteiger partial charge in [0, 0.05) is 17.0 Å². The van der Waals surface area contributed by atoms with E-state index in [0.29, 0.717) is 22.0 Å². The summed E-state index contributed by atoms with van der Waals surface area (Å²) in [6.07, 6.45) is -0.0191. The highest BCUT2D eigenvalue weighted by Crippen LogP contribution is 2.48. The van der Waals surface area contributed by atoms with Crippen molar-refractivity contribution in [3.8, 4) is 11.3 Å². The minimum atomic E-state index is -1.20. The van der Waals surface area contributed by atoms with Crippen molar-refractivity contribution in [3.63, 3.8) is 0 Å². The van der Waals surface area contributed by atoms with Crippen molar-refractivity contribution in [2.24, 2.45) is 0 Å². The van der Waals surface area contributed by atoms with Gasteiger partial charge in [-0.3, -0.25) is 13.9 Å². The summed E-state index contributed by atoms with van der Waals surface area (Å²) in [6.45, 7) is 0. The number of hydrogen-bond donors (Lipinski definition) is 1. The highest BCUT2D eigenvalue weighted by molar-refractivity contribution is 7.78. The Balaban J connectivity index is 1.65. The van der Waals surface area contributed by atoms with Crippen molar-refractivity contribution in [1.82, 2.24) is 9.29 Å². The smallest absolute Gasteiger partial charge is 0.248 e. The molecule has 0 aliphatic carbocycles. The number of ketones is 1. The summed E-state index contributed by atoms with van der Waals surface area (Å²) in [6, 6.07) is 20.1. The molecule has 34 heavy (non-hydrogen) atoms. The monoisotopic (exact) mass is 508 g/mol. The van der Waals surface area contributed by atoms with Crippen LogP contribution in [0.25, 0.3) is 11.3 Å². The average Bonchev–Trinajstić information content (AvgIpc) is 3.39. The molecular formula is C26H18ClFN2O2S2. The Morgan fingerprint density at radius 3 is 2.50 bits per heavy atom. The van der Waals surface area contributed by atoms with Crippen LogP contribution in [0.15, 0.2) is 83.6 Å². The van der Waals surface area contributed by atoms with Gasteiger partial charge in [0.2, 0.25) is 5.91 Å². The Hall–Kier alpha value is -3.00. The van der Waals surface area contributed by atoms with Gasteiger partial charge in [-0.1, -0.05) is 48.7 Å². The molecule has 1 amide bonds. The zero-order valence-corrected chi connectivity index (χ0v) is 20.2. The van der Waals surface area contributed by atoms with E-state index in [-0.39, 0.29) is 18.0 Å². The van der Waals surface area contributed by atoms with Crippen LogP contribution in [0.2, 0.25) is 5.02 Å². The van der Waals surface area contributed by atoms with Crippen molar-refractivity contribution in [1.29, 1.82) is 0 Å². The molecule has 1 aliphatic heterocycles.